The predicted molar refractivity (Wildman–Crippen MR) is 63.8 cm³/mol. The molecule has 0 aromatic heterocycles. The number of carboxylic acids is 1. The summed E-state index contributed by atoms with van der Waals surface area (Å²) in [4.78, 5) is 13.0. The highest BCUT2D eigenvalue weighted by Gasteiger charge is 2.29. The molecule has 100 valence electrons. The summed E-state index contributed by atoms with van der Waals surface area (Å²) in [5, 5.41) is 8.94. The van der Waals surface area contributed by atoms with E-state index in [1.54, 1.807) is 6.92 Å². The van der Waals surface area contributed by atoms with E-state index in [0.29, 0.717) is 25.8 Å². The Hall–Kier alpha value is -0.650. The van der Waals surface area contributed by atoms with Gasteiger partial charge in [0.2, 0.25) is 0 Å². The van der Waals surface area contributed by atoms with Crippen LogP contribution >= 0.6 is 0 Å². The molecule has 1 saturated heterocycles. The Labute approximate surface area is 103 Å². The number of carboxylic acid groups (broad SMARTS) is 1. The third kappa shape index (κ3) is 5.02. The van der Waals surface area contributed by atoms with Crippen LogP contribution < -0.4 is 0 Å². The minimum absolute atomic E-state index is 0.233. The highest BCUT2D eigenvalue weighted by atomic mass is 16.5. The van der Waals surface area contributed by atoms with Crippen molar-refractivity contribution in [2.24, 2.45) is 11.8 Å². The third-order valence-electron chi connectivity index (χ3n) is 2.85. The molecule has 0 bridgehead atoms. The number of hydrogen-bond donors (Lipinski definition) is 1. The molecule has 1 N–H and O–H groups in total. The van der Waals surface area contributed by atoms with E-state index < -0.39 is 11.9 Å². The Kier molecular flexibility index (Phi) is 5.88. The minimum Gasteiger partial charge on any atom is -0.481 e. The summed E-state index contributed by atoms with van der Waals surface area (Å²) in [5.41, 5.74) is 0. The molecule has 2 atom stereocenters. The van der Waals surface area contributed by atoms with Crippen molar-refractivity contribution in [3.8, 4) is 0 Å². The van der Waals surface area contributed by atoms with E-state index in [2.05, 4.69) is 18.7 Å². The normalized spacial score (nSPS) is 23.9. The zero-order chi connectivity index (χ0) is 12.8. The van der Waals surface area contributed by atoms with Gasteiger partial charge in [0.25, 0.3) is 0 Å². The molecule has 0 amide bonds. The van der Waals surface area contributed by atoms with Crippen LogP contribution in [0.5, 0.6) is 0 Å². The van der Waals surface area contributed by atoms with Gasteiger partial charge in [-0.15, -0.1) is 0 Å². The molecule has 0 saturated carbocycles. The largest absolute Gasteiger partial charge is 0.481 e. The topological polar surface area (TPSA) is 59.0 Å². The number of ether oxygens (including phenoxy) is 2. The molecule has 1 aliphatic heterocycles. The van der Waals surface area contributed by atoms with Gasteiger partial charge in [-0.05, 0) is 12.8 Å². The van der Waals surface area contributed by atoms with E-state index in [1.165, 1.54) is 0 Å². The number of morpholine rings is 1. The fraction of sp³-hybridized carbons (Fsp3) is 0.917. The Bertz CT molecular complexity index is 245. The summed E-state index contributed by atoms with van der Waals surface area (Å²) >= 11 is 0. The van der Waals surface area contributed by atoms with Crippen LogP contribution in [0.15, 0.2) is 0 Å². The molecule has 0 radical (unpaired) electrons. The second kappa shape index (κ2) is 6.93. The first-order valence-electron chi connectivity index (χ1n) is 6.15. The lowest BCUT2D eigenvalue weighted by atomic mass is 10.0. The number of carbonyl (C=O) groups is 1. The summed E-state index contributed by atoms with van der Waals surface area (Å²) in [6.45, 7) is 9.20. The van der Waals surface area contributed by atoms with Gasteiger partial charge in [-0.3, -0.25) is 9.69 Å². The number of hydrogen-bond acceptors (Lipinski definition) is 4. The standard InChI is InChI=1S/C12H23NO4/c1-9(2)7-16-8-13-4-5-17-11(6-13)10(3)12(14)15/h9-11H,4-8H2,1-3H3,(H,14,15). The lowest BCUT2D eigenvalue weighted by Crippen LogP contribution is -2.47. The number of rotatable bonds is 6. The Morgan fingerprint density at radius 2 is 2.24 bits per heavy atom. The van der Waals surface area contributed by atoms with E-state index in [9.17, 15) is 4.79 Å². The fourth-order valence-corrected chi connectivity index (χ4v) is 1.73. The maximum atomic E-state index is 10.9. The molecule has 1 fully saturated rings. The van der Waals surface area contributed by atoms with Crippen LogP contribution in [0.3, 0.4) is 0 Å². The predicted octanol–water partition coefficient (Wildman–Crippen LogP) is 1.04. The molecule has 5 heteroatoms. The van der Waals surface area contributed by atoms with Crippen LogP contribution in [-0.4, -0.2) is 55.1 Å². The molecule has 1 heterocycles. The van der Waals surface area contributed by atoms with Gasteiger partial charge < -0.3 is 14.6 Å². The van der Waals surface area contributed by atoms with Crippen molar-refractivity contribution in [2.75, 3.05) is 33.0 Å². The zero-order valence-corrected chi connectivity index (χ0v) is 10.9. The second-order valence-corrected chi connectivity index (χ2v) is 5.01. The first kappa shape index (κ1) is 14.4. The van der Waals surface area contributed by atoms with Crippen molar-refractivity contribution in [2.45, 2.75) is 26.9 Å². The van der Waals surface area contributed by atoms with E-state index in [-0.39, 0.29) is 6.10 Å². The molecule has 0 aromatic carbocycles. The van der Waals surface area contributed by atoms with Crippen molar-refractivity contribution < 1.29 is 19.4 Å². The number of nitrogens with zero attached hydrogens (tertiary/aromatic N) is 1. The van der Waals surface area contributed by atoms with Crippen molar-refractivity contribution >= 4 is 5.97 Å². The third-order valence-corrected chi connectivity index (χ3v) is 2.85. The zero-order valence-electron chi connectivity index (χ0n) is 10.9. The average molecular weight is 245 g/mol. The van der Waals surface area contributed by atoms with Crippen LogP contribution in [0.1, 0.15) is 20.8 Å². The molecule has 0 spiro atoms. The van der Waals surface area contributed by atoms with E-state index in [4.69, 9.17) is 14.6 Å². The summed E-state index contributed by atoms with van der Waals surface area (Å²) in [7, 11) is 0. The van der Waals surface area contributed by atoms with E-state index in [1.807, 2.05) is 0 Å². The minimum atomic E-state index is -0.806. The summed E-state index contributed by atoms with van der Waals surface area (Å²) in [6.07, 6.45) is -0.233. The lowest BCUT2D eigenvalue weighted by molar-refractivity contribution is -0.152. The summed E-state index contributed by atoms with van der Waals surface area (Å²) in [5.74, 6) is -0.757. The van der Waals surface area contributed by atoms with Gasteiger partial charge in [0.15, 0.2) is 0 Å². The van der Waals surface area contributed by atoms with Crippen molar-refractivity contribution in [1.82, 2.24) is 4.90 Å². The Balaban J connectivity index is 2.31. The van der Waals surface area contributed by atoms with Crippen molar-refractivity contribution in [1.29, 1.82) is 0 Å². The molecule has 1 aliphatic rings. The second-order valence-electron chi connectivity index (χ2n) is 5.01. The van der Waals surface area contributed by atoms with Gasteiger partial charge in [0, 0.05) is 13.1 Å². The molecule has 5 nitrogen and oxygen atoms in total. The first-order chi connectivity index (χ1) is 8.00. The van der Waals surface area contributed by atoms with Gasteiger partial charge in [0.1, 0.15) is 0 Å². The first-order valence-corrected chi connectivity index (χ1v) is 6.15. The highest BCUT2D eigenvalue weighted by Crippen LogP contribution is 2.14. The molecule has 0 aliphatic carbocycles. The Morgan fingerprint density at radius 3 is 2.82 bits per heavy atom. The maximum absolute atomic E-state index is 10.9. The fourth-order valence-electron chi connectivity index (χ4n) is 1.73. The molecular formula is C12H23NO4. The van der Waals surface area contributed by atoms with E-state index >= 15 is 0 Å². The SMILES string of the molecule is CC(C)COCN1CCOC(C(C)C(=O)O)C1. The van der Waals surface area contributed by atoms with Gasteiger partial charge in [-0.1, -0.05) is 13.8 Å². The quantitative estimate of drug-likeness (QED) is 0.757. The molecule has 1 rings (SSSR count). The summed E-state index contributed by atoms with van der Waals surface area (Å²) in [6, 6.07) is 0. The monoisotopic (exact) mass is 245 g/mol. The molecule has 17 heavy (non-hydrogen) atoms. The van der Waals surface area contributed by atoms with Crippen LogP contribution in [0.4, 0.5) is 0 Å². The maximum Gasteiger partial charge on any atom is 0.308 e. The van der Waals surface area contributed by atoms with Gasteiger partial charge in [0.05, 0.1) is 32.0 Å². The number of aliphatic carboxylic acids is 1. The Morgan fingerprint density at radius 1 is 1.53 bits per heavy atom. The van der Waals surface area contributed by atoms with Crippen molar-refractivity contribution in [3.63, 3.8) is 0 Å². The summed E-state index contributed by atoms with van der Waals surface area (Å²) < 4.78 is 11.0. The molecule has 0 aromatic rings. The van der Waals surface area contributed by atoms with Crippen LogP contribution in [0, 0.1) is 11.8 Å². The average Bonchev–Trinajstić information content (AvgIpc) is 2.28. The lowest BCUT2D eigenvalue weighted by Gasteiger charge is -2.34. The van der Waals surface area contributed by atoms with Crippen LogP contribution in [-0.2, 0) is 14.3 Å². The van der Waals surface area contributed by atoms with Crippen LogP contribution in [0.25, 0.3) is 0 Å². The van der Waals surface area contributed by atoms with Gasteiger partial charge in [-0.25, -0.2) is 0 Å². The molecule has 2 unspecified atom stereocenters. The molecular weight excluding hydrogens is 222 g/mol. The van der Waals surface area contributed by atoms with Crippen molar-refractivity contribution in [3.05, 3.63) is 0 Å². The van der Waals surface area contributed by atoms with Gasteiger partial charge in [-0.2, -0.15) is 0 Å². The highest BCUT2D eigenvalue weighted by molar-refractivity contribution is 5.70. The smallest absolute Gasteiger partial charge is 0.308 e. The van der Waals surface area contributed by atoms with Gasteiger partial charge >= 0.3 is 5.97 Å². The van der Waals surface area contributed by atoms with Crippen LogP contribution in [0.2, 0.25) is 0 Å². The van der Waals surface area contributed by atoms with E-state index in [0.717, 1.165) is 13.2 Å².